The summed E-state index contributed by atoms with van der Waals surface area (Å²) in [6.07, 6.45) is -12.6. The van der Waals surface area contributed by atoms with Crippen LogP contribution in [0.2, 0.25) is 0 Å². The number of hydrogen-bond donors (Lipinski definition) is 5. The summed E-state index contributed by atoms with van der Waals surface area (Å²) in [5.41, 5.74) is -4.44. The summed E-state index contributed by atoms with van der Waals surface area (Å²) in [6, 6.07) is 5.67. The average Bonchev–Trinajstić information content (AvgIpc) is 4.22. The molecule has 4 aromatic rings. The Morgan fingerprint density at radius 1 is 0.800 bits per heavy atom. The first-order valence-electron chi connectivity index (χ1n) is 24.8. The summed E-state index contributed by atoms with van der Waals surface area (Å²) in [5, 5.41) is 22.0. The van der Waals surface area contributed by atoms with Gasteiger partial charge < -0.3 is 40.2 Å². The zero-order chi connectivity index (χ0) is 58.9. The molecule has 80 heavy (non-hydrogen) atoms. The predicted octanol–water partition coefficient (Wildman–Crippen LogP) is 6.48. The Bertz CT molecular complexity index is 2820. The van der Waals surface area contributed by atoms with Crippen LogP contribution in [0, 0.1) is 34.3 Å². The minimum atomic E-state index is -5.23. The van der Waals surface area contributed by atoms with E-state index in [1.807, 2.05) is 22.9 Å². The van der Waals surface area contributed by atoms with Gasteiger partial charge in [0.15, 0.2) is 0 Å². The summed E-state index contributed by atoms with van der Waals surface area (Å²) in [7, 11) is 1.60. The first-order chi connectivity index (χ1) is 37.5. The third kappa shape index (κ3) is 15.4. The molecule has 0 saturated carbocycles. The van der Waals surface area contributed by atoms with Crippen molar-refractivity contribution >= 4 is 29.8 Å². The molecular formula is C52H60F10N10O8. The van der Waals surface area contributed by atoms with Crippen LogP contribution < -0.4 is 26.3 Å². The fourth-order valence-corrected chi connectivity index (χ4v) is 8.69. The highest BCUT2D eigenvalue weighted by atomic mass is 19.4. The van der Waals surface area contributed by atoms with Crippen molar-refractivity contribution in [3.63, 3.8) is 0 Å². The van der Waals surface area contributed by atoms with Crippen LogP contribution in [0.25, 0.3) is 11.3 Å². The van der Waals surface area contributed by atoms with E-state index in [1.54, 1.807) is 11.5 Å². The molecule has 436 valence electrons. The van der Waals surface area contributed by atoms with E-state index in [0.717, 1.165) is 78.1 Å². The number of aromatic nitrogens is 3. The third-order valence-electron chi connectivity index (χ3n) is 14.0. The number of carbonyl (C=O) groups excluding carboxylic acids is 4. The van der Waals surface area contributed by atoms with E-state index in [4.69, 9.17) is 4.74 Å². The van der Waals surface area contributed by atoms with Crippen LogP contribution in [0.1, 0.15) is 62.9 Å². The number of carbonyl (C=O) groups is 4. The molecule has 2 fully saturated rings. The van der Waals surface area contributed by atoms with E-state index >= 15 is 8.78 Å². The van der Waals surface area contributed by atoms with Gasteiger partial charge in [0, 0.05) is 86.6 Å². The molecule has 28 heteroatoms. The molecule has 6 rings (SSSR count). The number of ether oxygens (including phenoxy) is 3. The number of hydrazine groups is 1. The van der Waals surface area contributed by atoms with Crippen molar-refractivity contribution in [3.05, 3.63) is 101 Å². The van der Waals surface area contributed by atoms with Crippen LogP contribution in [0.15, 0.2) is 67.0 Å². The van der Waals surface area contributed by atoms with Crippen molar-refractivity contribution in [2.75, 3.05) is 65.1 Å². The molecule has 4 heterocycles. The smallest absolute Gasteiger partial charge is 0.407 e. The second-order valence-corrected chi connectivity index (χ2v) is 20.1. The lowest BCUT2D eigenvalue weighted by atomic mass is 9.82. The zero-order valence-corrected chi connectivity index (χ0v) is 44.2. The number of alkyl halides is 8. The van der Waals surface area contributed by atoms with Crippen molar-refractivity contribution in [1.82, 2.24) is 46.0 Å². The fraction of sp³-hybridized carbons (Fsp3) is 0.500. The minimum Gasteiger partial charge on any atom is -0.453 e. The van der Waals surface area contributed by atoms with Crippen LogP contribution in [-0.4, -0.2) is 157 Å². The largest absolute Gasteiger partial charge is 0.453 e. The van der Waals surface area contributed by atoms with Crippen LogP contribution in [-0.2, 0) is 36.8 Å². The normalized spacial score (nSPS) is 17.0. The molecule has 0 spiro atoms. The number of amides is 4. The number of rotatable bonds is 19. The lowest BCUT2D eigenvalue weighted by Gasteiger charge is -2.38. The van der Waals surface area contributed by atoms with Gasteiger partial charge in [-0.1, -0.05) is 24.0 Å². The van der Waals surface area contributed by atoms with Crippen molar-refractivity contribution in [3.8, 4) is 23.1 Å². The number of alkyl carbamates (subject to hydrolysis) is 2. The highest BCUT2D eigenvalue weighted by Gasteiger charge is 2.57. The summed E-state index contributed by atoms with van der Waals surface area (Å²) in [6.45, 7) is 1.65. The molecule has 1 unspecified atom stereocenters. The minimum absolute atomic E-state index is 0.197. The van der Waals surface area contributed by atoms with Crippen molar-refractivity contribution in [2.45, 2.75) is 96.3 Å². The average molecular weight is 1140 g/mol. The number of benzene rings is 2. The molecule has 0 radical (unpaired) electrons. The molecule has 2 aliphatic rings. The monoisotopic (exact) mass is 1140 g/mol. The van der Waals surface area contributed by atoms with Gasteiger partial charge in [-0.25, -0.2) is 33.0 Å². The molecule has 5 N–H and O–H groups in total. The number of halogens is 10. The highest BCUT2D eigenvalue weighted by molar-refractivity contribution is 5.87. The van der Waals surface area contributed by atoms with Gasteiger partial charge in [0.25, 0.3) is 5.91 Å². The van der Waals surface area contributed by atoms with Crippen LogP contribution in [0.5, 0.6) is 0 Å². The Balaban J connectivity index is 1.31. The van der Waals surface area contributed by atoms with Gasteiger partial charge in [-0.15, -0.1) is 0 Å². The molecule has 4 amide bonds. The quantitative estimate of drug-likeness (QED) is 0.0388. The third-order valence-corrected chi connectivity index (χ3v) is 14.0. The molecule has 2 aliphatic heterocycles. The van der Waals surface area contributed by atoms with Gasteiger partial charge >= 0.3 is 31.1 Å². The van der Waals surface area contributed by atoms with Crippen LogP contribution in [0.4, 0.5) is 59.3 Å². The lowest BCUT2D eigenvalue weighted by molar-refractivity contribution is -0.221. The van der Waals surface area contributed by atoms with E-state index in [0.29, 0.717) is 62.0 Å². The molecule has 2 aromatic heterocycles. The van der Waals surface area contributed by atoms with Gasteiger partial charge in [-0.2, -0.15) is 40.2 Å². The Hall–Kier alpha value is -7.22. The number of hydrogen-bond acceptors (Lipinski definition) is 13. The Labute approximate surface area is 453 Å². The number of pyridine rings is 1. The number of nitrogens with zero attached hydrogens (tertiary/aromatic N) is 6. The van der Waals surface area contributed by atoms with E-state index < -0.39 is 115 Å². The van der Waals surface area contributed by atoms with Gasteiger partial charge in [0.2, 0.25) is 5.91 Å². The van der Waals surface area contributed by atoms with Gasteiger partial charge in [-0.3, -0.25) is 19.9 Å². The van der Waals surface area contributed by atoms with Gasteiger partial charge in [0.05, 0.1) is 49.5 Å². The number of piperazine rings is 1. The summed E-state index contributed by atoms with van der Waals surface area (Å²) in [4.78, 5) is 62.0. The maximum Gasteiger partial charge on any atom is 0.407 e. The van der Waals surface area contributed by atoms with Gasteiger partial charge in [-0.05, 0) is 88.6 Å². The van der Waals surface area contributed by atoms with Crippen molar-refractivity contribution < 1.29 is 82.4 Å². The summed E-state index contributed by atoms with van der Waals surface area (Å²) >= 11 is 0. The maximum absolute atomic E-state index is 16.0. The maximum atomic E-state index is 16.0. The first-order valence-corrected chi connectivity index (χ1v) is 24.8. The zero-order valence-electron chi connectivity index (χ0n) is 44.2. The number of aliphatic hydroxyl groups excluding tert-OH is 1. The van der Waals surface area contributed by atoms with E-state index in [2.05, 4.69) is 46.5 Å². The SMILES string of the molecule is COC(=O)NC(C(=O)N[C@@H](Cc1ccc(C#Cc2ccc(N3CCN([C@@H]4CCOC4)CC3)nc2)cc1)[C@@H](O)CN(Cc1c(F)cc(-c2ccn(C(F)F)n2)cc1F)NC(=O)[C@@H](NC(=O)OC)C(C)(C)C(F)(F)F)C(C)(C)C(F)(F)F. The molecule has 0 bridgehead atoms. The molecule has 18 nitrogen and oxygen atoms in total. The molecule has 0 aliphatic carbocycles. The Morgan fingerprint density at radius 3 is 1.86 bits per heavy atom. The number of anilines is 1. The predicted molar refractivity (Wildman–Crippen MR) is 267 cm³/mol. The molecule has 2 aromatic carbocycles. The Kier molecular flexibility index (Phi) is 20.1. The van der Waals surface area contributed by atoms with Crippen LogP contribution >= 0.6 is 0 Å². The summed E-state index contributed by atoms with van der Waals surface area (Å²) in [5.74, 6) is 0.707. The number of methoxy groups -OCH3 is 2. The van der Waals surface area contributed by atoms with E-state index in [1.165, 1.54) is 24.3 Å². The Morgan fingerprint density at radius 2 is 1.36 bits per heavy atom. The fourth-order valence-electron chi connectivity index (χ4n) is 8.69. The molecule has 2 saturated heterocycles. The molecular weight excluding hydrogens is 1080 g/mol. The van der Waals surface area contributed by atoms with Crippen LogP contribution in [0.3, 0.4) is 0 Å². The topological polar surface area (TPSA) is 205 Å². The van der Waals surface area contributed by atoms with Crippen molar-refractivity contribution in [1.29, 1.82) is 0 Å². The number of aliphatic hydroxyl groups is 1. The van der Waals surface area contributed by atoms with E-state index in [9.17, 15) is 59.4 Å². The standard InChI is InChI=1S/C52H60F10N10O8/c1-49(2,51(57,58)59)42(65-47(76)78-5)44(74)64-39(23-31-10-7-30(8-11-31)9-12-32-13-14-41(63-26-32)70-20-18-69(19-21-70)34-16-22-80-29-34)40(73)28-71(68-45(75)43(66-48(77)79-6)50(3,4)52(60,61)62)27-35-36(53)24-33(25-37(35)54)38-15-17-72(67-38)46(55)56/h7-8,10-11,13-15,17,24-26,34,39-40,42-43,46,73H,16,18-23,27-29H2,1-6H3,(H,64,74)(H,65,76)(H,66,77)(H,68,75)/t34-,39+,40+,42?,43-/m1/s1. The second-order valence-electron chi connectivity index (χ2n) is 20.1. The summed E-state index contributed by atoms with van der Waals surface area (Å²) < 4.78 is 160. The lowest BCUT2D eigenvalue weighted by Crippen LogP contribution is -2.63. The number of nitrogens with one attached hydrogen (secondary N) is 4. The first kappa shape index (κ1) is 62.0. The van der Waals surface area contributed by atoms with Gasteiger partial charge in [0.1, 0.15) is 29.5 Å². The highest BCUT2D eigenvalue weighted by Crippen LogP contribution is 2.42. The van der Waals surface area contributed by atoms with E-state index in [-0.39, 0.29) is 21.5 Å². The second kappa shape index (κ2) is 25.9. The molecule has 5 atom stereocenters. The van der Waals surface area contributed by atoms with Crippen molar-refractivity contribution in [2.24, 2.45) is 10.8 Å².